The maximum Gasteiger partial charge on any atom is 0.338 e. The number of benzene rings is 4. The maximum absolute atomic E-state index is 14.8. The van der Waals surface area contributed by atoms with Gasteiger partial charge in [0.2, 0.25) is 0 Å². The molecule has 0 amide bonds. The van der Waals surface area contributed by atoms with Crippen molar-refractivity contribution in [2.75, 3.05) is 19.8 Å². The number of nitrogens with zero attached hydrogens (tertiary/aromatic N) is 6. The minimum atomic E-state index is -0.602. The molecule has 0 saturated heterocycles. The zero-order valence-electron chi connectivity index (χ0n) is 27.6. The Morgan fingerprint density at radius 1 is 0.673 bits per heavy atom. The van der Waals surface area contributed by atoms with E-state index < -0.39 is 11.8 Å². The van der Waals surface area contributed by atoms with Crippen molar-refractivity contribution in [1.29, 1.82) is 0 Å². The van der Waals surface area contributed by atoms with Crippen LogP contribution in [0.2, 0.25) is 0 Å². The van der Waals surface area contributed by atoms with Crippen LogP contribution in [0.4, 0.5) is 38.5 Å². The Morgan fingerprint density at radius 3 is 1.86 bits per heavy atom. The van der Waals surface area contributed by atoms with Gasteiger partial charge in [-0.25, -0.2) is 14.0 Å². The molecule has 0 aliphatic rings. The van der Waals surface area contributed by atoms with Crippen molar-refractivity contribution in [2.24, 2.45) is 30.7 Å². The highest BCUT2D eigenvalue weighted by atomic mass is 19.1. The molecule has 0 bridgehead atoms. The second kappa shape index (κ2) is 18.4. The molecule has 0 N–H and O–H groups in total. The zero-order chi connectivity index (χ0) is 35.0. The van der Waals surface area contributed by atoms with E-state index in [0.29, 0.717) is 51.9 Å². The van der Waals surface area contributed by atoms with Gasteiger partial charge in [-0.3, -0.25) is 0 Å². The lowest BCUT2D eigenvalue weighted by Crippen LogP contribution is -2.12. The van der Waals surface area contributed by atoms with Gasteiger partial charge in [0.1, 0.15) is 24.7 Å². The number of azo groups is 3. The Labute approximate surface area is 284 Å². The summed E-state index contributed by atoms with van der Waals surface area (Å²) in [6, 6.07) is 23.0. The average molecular weight is 665 g/mol. The first-order valence-corrected chi connectivity index (χ1v) is 15.7. The van der Waals surface area contributed by atoms with Gasteiger partial charge in [0.05, 0.1) is 40.6 Å². The summed E-state index contributed by atoms with van der Waals surface area (Å²) in [6.45, 7) is 9.73. The van der Waals surface area contributed by atoms with Gasteiger partial charge < -0.3 is 14.2 Å². The third-order valence-electron chi connectivity index (χ3n) is 6.79. The molecule has 4 rings (SSSR count). The Kier molecular flexibility index (Phi) is 13.5. The van der Waals surface area contributed by atoms with Gasteiger partial charge in [-0.1, -0.05) is 26.3 Å². The smallest absolute Gasteiger partial charge is 0.338 e. The SMILES string of the molecule is C=C(C)C(=O)OCCOc1ccc(N=Nc2ccc(N=Nc3ccc(N=Nc4ccc(C(=O)OCCCCC)cc4)cc3C)c(F)c2)cc1. The van der Waals surface area contributed by atoms with Crippen LogP contribution in [-0.2, 0) is 14.3 Å². The van der Waals surface area contributed by atoms with E-state index in [2.05, 4.69) is 44.2 Å². The van der Waals surface area contributed by atoms with Gasteiger partial charge in [0.15, 0.2) is 5.82 Å². The molecule has 49 heavy (non-hydrogen) atoms. The first-order valence-electron chi connectivity index (χ1n) is 15.7. The molecule has 4 aromatic carbocycles. The Morgan fingerprint density at radius 2 is 1.24 bits per heavy atom. The molecule has 252 valence electrons. The van der Waals surface area contributed by atoms with E-state index in [9.17, 15) is 14.0 Å². The molecule has 0 spiro atoms. The van der Waals surface area contributed by atoms with E-state index in [1.165, 1.54) is 12.1 Å². The highest BCUT2D eigenvalue weighted by Crippen LogP contribution is 2.30. The fraction of sp³-hybridized carbons (Fsp3) is 0.243. The van der Waals surface area contributed by atoms with Crippen molar-refractivity contribution < 1.29 is 28.2 Å². The molecule has 0 heterocycles. The summed E-state index contributed by atoms with van der Waals surface area (Å²) in [7, 11) is 0. The second-order valence-corrected chi connectivity index (χ2v) is 10.9. The molecule has 12 heteroatoms. The van der Waals surface area contributed by atoms with Crippen molar-refractivity contribution in [3.63, 3.8) is 0 Å². The minimum absolute atomic E-state index is 0.0471. The Balaban J connectivity index is 1.28. The second-order valence-electron chi connectivity index (χ2n) is 10.9. The summed E-state index contributed by atoms with van der Waals surface area (Å²) in [5, 5.41) is 25.0. The maximum atomic E-state index is 14.8. The van der Waals surface area contributed by atoms with Crippen LogP contribution in [0.3, 0.4) is 0 Å². The molecule has 0 fully saturated rings. The fourth-order valence-electron chi connectivity index (χ4n) is 4.08. The number of rotatable bonds is 16. The van der Waals surface area contributed by atoms with Crippen molar-refractivity contribution in [3.8, 4) is 5.75 Å². The van der Waals surface area contributed by atoms with E-state index in [0.717, 1.165) is 24.8 Å². The van der Waals surface area contributed by atoms with Gasteiger partial charge in [0, 0.05) is 11.6 Å². The fourth-order valence-corrected chi connectivity index (χ4v) is 4.08. The number of esters is 2. The molecule has 0 atom stereocenters. The summed E-state index contributed by atoms with van der Waals surface area (Å²) < 4.78 is 30.6. The molecule has 11 nitrogen and oxygen atoms in total. The number of halogens is 1. The van der Waals surface area contributed by atoms with Crippen LogP contribution in [-0.4, -0.2) is 31.8 Å². The van der Waals surface area contributed by atoms with Crippen molar-refractivity contribution in [2.45, 2.75) is 40.0 Å². The van der Waals surface area contributed by atoms with Crippen LogP contribution in [0.1, 0.15) is 49.0 Å². The predicted molar refractivity (Wildman–Crippen MR) is 184 cm³/mol. The summed E-state index contributed by atoms with van der Waals surface area (Å²) >= 11 is 0. The Bertz CT molecular complexity index is 1840. The third kappa shape index (κ3) is 11.7. The lowest BCUT2D eigenvalue weighted by Gasteiger charge is -2.07. The van der Waals surface area contributed by atoms with E-state index >= 15 is 0 Å². The van der Waals surface area contributed by atoms with Gasteiger partial charge in [-0.15, -0.1) is 5.11 Å². The number of ether oxygens (including phenoxy) is 3. The van der Waals surface area contributed by atoms with Crippen molar-refractivity contribution >= 4 is 46.1 Å². The lowest BCUT2D eigenvalue weighted by molar-refractivity contribution is -0.139. The highest BCUT2D eigenvalue weighted by molar-refractivity contribution is 5.89. The van der Waals surface area contributed by atoms with Crippen LogP contribution in [0, 0.1) is 12.7 Å². The van der Waals surface area contributed by atoms with E-state index in [4.69, 9.17) is 14.2 Å². The first-order chi connectivity index (χ1) is 23.7. The number of carbonyl (C=O) groups is 2. The minimum Gasteiger partial charge on any atom is -0.490 e. The van der Waals surface area contributed by atoms with Gasteiger partial charge in [-0.2, -0.15) is 25.6 Å². The third-order valence-corrected chi connectivity index (χ3v) is 6.79. The first kappa shape index (κ1) is 35.9. The van der Waals surface area contributed by atoms with E-state index in [1.807, 2.05) is 6.92 Å². The van der Waals surface area contributed by atoms with Crippen LogP contribution in [0.25, 0.3) is 0 Å². The number of hydrogen-bond acceptors (Lipinski definition) is 11. The average Bonchev–Trinajstić information content (AvgIpc) is 3.10. The molecule has 0 radical (unpaired) electrons. The van der Waals surface area contributed by atoms with Crippen LogP contribution >= 0.6 is 0 Å². The van der Waals surface area contributed by atoms with Crippen molar-refractivity contribution in [1.82, 2.24) is 0 Å². The monoisotopic (exact) mass is 664 g/mol. The molecule has 0 unspecified atom stereocenters. The quantitative estimate of drug-likeness (QED) is 0.0508. The molecule has 0 aromatic heterocycles. The van der Waals surface area contributed by atoms with E-state index in [1.54, 1.807) is 79.7 Å². The molecule has 4 aromatic rings. The molecule has 0 aliphatic heterocycles. The summed E-state index contributed by atoms with van der Waals surface area (Å²) in [4.78, 5) is 23.5. The lowest BCUT2D eigenvalue weighted by atomic mass is 10.2. The van der Waals surface area contributed by atoms with Gasteiger partial charge >= 0.3 is 11.9 Å². The normalized spacial score (nSPS) is 11.3. The molecular formula is C37H37FN6O5. The molecular weight excluding hydrogens is 627 g/mol. The Hall–Kier alpha value is -5.91. The standard InChI is InChI=1S/C37H37FN6O5/c1-5-6-7-20-48-37(46)27-8-10-28(11-9-27)39-41-30-14-18-34(26(4)23-30)43-44-35-19-15-31(24-33(35)38)42-40-29-12-16-32(17-13-29)47-21-22-49-36(45)25(2)3/h8-19,23-24H,2,5-7,20-22H2,1,3-4H3. The topological polar surface area (TPSA) is 136 Å². The van der Waals surface area contributed by atoms with Crippen LogP contribution in [0.15, 0.2) is 128 Å². The number of aryl methyl sites for hydroxylation is 1. The van der Waals surface area contributed by atoms with E-state index in [-0.39, 0.29) is 24.9 Å². The summed E-state index contributed by atoms with van der Waals surface area (Å²) in [5.74, 6) is -0.853. The number of carbonyl (C=O) groups excluding carboxylic acids is 2. The van der Waals surface area contributed by atoms with Gasteiger partial charge in [-0.05, 0) is 105 Å². The summed E-state index contributed by atoms with van der Waals surface area (Å²) in [6.07, 6.45) is 2.93. The molecule has 0 saturated carbocycles. The number of unbranched alkanes of at least 4 members (excludes halogenated alkanes) is 2. The van der Waals surface area contributed by atoms with Crippen LogP contribution in [0.5, 0.6) is 5.75 Å². The zero-order valence-corrected chi connectivity index (χ0v) is 27.6. The van der Waals surface area contributed by atoms with Crippen LogP contribution < -0.4 is 4.74 Å². The summed E-state index contributed by atoms with van der Waals surface area (Å²) in [5.41, 5.74) is 4.18. The highest BCUT2D eigenvalue weighted by Gasteiger charge is 2.08. The number of hydrogen-bond donors (Lipinski definition) is 0. The van der Waals surface area contributed by atoms with Gasteiger partial charge in [0.25, 0.3) is 0 Å². The molecule has 0 aliphatic carbocycles. The predicted octanol–water partition coefficient (Wildman–Crippen LogP) is 11.2. The largest absolute Gasteiger partial charge is 0.490 e. The van der Waals surface area contributed by atoms with Crippen molar-refractivity contribution in [3.05, 3.63) is 114 Å².